The SMILES string of the molecule is CCOc1ccc(/C=C/C(=O)NC2CCN(c3ccc(C(F)(F)F)cn3)CC2)cc1OCC. The van der Waals surface area contributed by atoms with Crippen LogP contribution in [0.1, 0.15) is 37.8 Å². The van der Waals surface area contributed by atoms with Gasteiger partial charge in [-0.05, 0) is 62.6 Å². The highest BCUT2D eigenvalue weighted by atomic mass is 19.4. The number of rotatable bonds is 8. The Bertz CT molecular complexity index is 954. The summed E-state index contributed by atoms with van der Waals surface area (Å²) in [5, 5.41) is 2.98. The van der Waals surface area contributed by atoms with Crippen LogP contribution in [0.25, 0.3) is 6.08 Å². The molecule has 0 bridgehead atoms. The molecule has 0 unspecified atom stereocenters. The number of piperidine rings is 1. The molecule has 1 fully saturated rings. The molecule has 2 aromatic rings. The second kappa shape index (κ2) is 11.1. The van der Waals surface area contributed by atoms with Crippen LogP contribution in [0.4, 0.5) is 19.0 Å². The number of alkyl halides is 3. The minimum Gasteiger partial charge on any atom is -0.490 e. The highest BCUT2D eigenvalue weighted by Gasteiger charge is 2.31. The lowest BCUT2D eigenvalue weighted by atomic mass is 10.0. The minimum absolute atomic E-state index is 0.00726. The molecule has 0 spiro atoms. The van der Waals surface area contributed by atoms with Crippen molar-refractivity contribution in [3.05, 3.63) is 53.7 Å². The largest absolute Gasteiger partial charge is 0.490 e. The molecule has 178 valence electrons. The van der Waals surface area contributed by atoms with E-state index < -0.39 is 11.7 Å². The number of ether oxygens (including phenoxy) is 2. The van der Waals surface area contributed by atoms with Crippen molar-refractivity contribution in [3.8, 4) is 11.5 Å². The summed E-state index contributed by atoms with van der Waals surface area (Å²) in [5.74, 6) is 1.60. The first-order chi connectivity index (χ1) is 15.8. The third-order valence-electron chi connectivity index (χ3n) is 5.24. The van der Waals surface area contributed by atoms with Crippen molar-refractivity contribution >= 4 is 17.8 Å². The Hall–Kier alpha value is -3.23. The smallest absolute Gasteiger partial charge is 0.417 e. The van der Waals surface area contributed by atoms with Gasteiger partial charge >= 0.3 is 6.18 Å². The van der Waals surface area contributed by atoms with Gasteiger partial charge in [-0.1, -0.05) is 6.07 Å². The zero-order valence-corrected chi connectivity index (χ0v) is 18.7. The molecule has 1 aliphatic rings. The zero-order chi connectivity index (χ0) is 23.8. The summed E-state index contributed by atoms with van der Waals surface area (Å²) in [6.07, 6.45) is 1.02. The molecule has 6 nitrogen and oxygen atoms in total. The lowest BCUT2D eigenvalue weighted by molar-refractivity contribution is -0.137. The second-order valence-electron chi connectivity index (χ2n) is 7.58. The molecule has 1 saturated heterocycles. The highest BCUT2D eigenvalue weighted by molar-refractivity contribution is 5.92. The van der Waals surface area contributed by atoms with Gasteiger partial charge in [0.25, 0.3) is 0 Å². The van der Waals surface area contributed by atoms with E-state index in [9.17, 15) is 18.0 Å². The van der Waals surface area contributed by atoms with Crippen molar-refractivity contribution in [1.29, 1.82) is 0 Å². The Kier molecular flexibility index (Phi) is 8.19. The topological polar surface area (TPSA) is 63.7 Å². The maximum absolute atomic E-state index is 12.7. The first-order valence-corrected chi connectivity index (χ1v) is 11.0. The van der Waals surface area contributed by atoms with Crippen LogP contribution >= 0.6 is 0 Å². The Morgan fingerprint density at radius 3 is 2.42 bits per heavy atom. The molecular formula is C24H28F3N3O3. The quantitative estimate of drug-likeness (QED) is 0.575. The molecule has 0 saturated carbocycles. The van der Waals surface area contributed by atoms with E-state index in [-0.39, 0.29) is 11.9 Å². The number of nitrogens with zero attached hydrogens (tertiary/aromatic N) is 2. The van der Waals surface area contributed by atoms with E-state index in [0.717, 1.165) is 17.8 Å². The van der Waals surface area contributed by atoms with E-state index in [1.54, 1.807) is 6.08 Å². The van der Waals surface area contributed by atoms with Gasteiger partial charge in [-0.25, -0.2) is 4.98 Å². The van der Waals surface area contributed by atoms with Gasteiger partial charge in [0.15, 0.2) is 11.5 Å². The molecule has 0 atom stereocenters. The molecule has 0 aliphatic carbocycles. The van der Waals surface area contributed by atoms with Crippen LogP contribution in [0.3, 0.4) is 0 Å². The van der Waals surface area contributed by atoms with Crippen LogP contribution in [-0.4, -0.2) is 43.2 Å². The summed E-state index contributed by atoms with van der Waals surface area (Å²) in [6, 6.07) is 7.92. The number of anilines is 1. The van der Waals surface area contributed by atoms with Crippen LogP contribution < -0.4 is 19.7 Å². The summed E-state index contributed by atoms with van der Waals surface area (Å²) in [5.41, 5.74) is 0.0568. The Morgan fingerprint density at radius 1 is 1.12 bits per heavy atom. The van der Waals surface area contributed by atoms with Gasteiger partial charge < -0.3 is 19.7 Å². The monoisotopic (exact) mass is 463 g/mol. The summed E-state index contributed by atoms with van der Waals surface area (Å²) < 4.78 is 49.2. The number of pyridine rings is 1. The third-order valence-corrected chi connectivity index (χ3v) is 5.24. The summed E-state index contributed by atoms with van der Waals surface area (Å²) >= 11 is 0. The van der Waals surface area contributed by atoms with E-state index in [2.05, 4.69) is 10.3 Å². The molecule has 9 heteroatoms. The normalized spacial score (nSPS) is 15.0. The van der Waals surface area contributed by atoms with E-state index >= 15 is 0 Å². The number of benzene rings is 1. The number of amides is 1. The Balaban J connectivity index is 1.51. The van der Waals surface area contributed by atoms with Crippen LogP contribution in [0.15, 0.2) is 42.6 Å². The number of aromatic nitrogens is 1. The fraction of sp³-hybridized carbons (Fsp3) is 0.417. The maximum atomic E-state index is 12.7. The van der Waals surface area contributed by atoms with Gasteiger partial charge in [-0.15, -0.1) is 0 Å². The number of hydrogen-bond acceptors (Lipinski definition) is 5. The van der Waals surface area contributed by atoms with Gasteiger partial charge in [0.1, 0.15) is 5.82 Å². The first kappa shape index (κ1) is 24.4. The van der Waals surface area contributed by atoms with Gasteiger partial charge in [-0.2, -0.15) is 13.2 Å². The predicted molar refractivity (Wildman–Crippen MR) is 120 cm³/mol. The molecule has 1 aliphatic heterocycles. The number of halogens is 3. The number of nitrogens with one attached hydrogen (secondary N) is 1. The van der Waals surface area contributed by atoms with Crippen molar-refractivity contribution in [2.24, 2.45) is 0 Å². The number of hydrogen-bond donors (Lipinski definition) is 1. The van der Waals surface area contributed by atoms with Gasteiger partial charge in [0.2, 0.25) is 5.91 Å². The van der Waals surface area contributed by atoms with Crippen LogP contribution in [0.5, 0.6) is 11.5 Å². The minimum atomic E-state index is -4.40. The summed E-state index contributed by atoms with van der Waals surface area (Å²) in [7, 11) is 0. The zero-order valence-electron chi connectivity index (χ0n) is 18.7. The fourth-order valence-electron chi connectivity index (χ4n) is 3.59. The van der Waals surface area contributed by atoms with E-state index in [1.807, 2.05) is 36.9 Å². The van der Waals surface area contributed by atoms with E-state index in [4.69, 9.17) is 9.47 Å². The Labute approximate surface area is 191 Å². The molecule has 1 aromatic heterocycles. The average Bonchev–Trinajstić information content (AvgIpc) is 2.79. The van der Waals surface area contributed by atoms with Crippen LogP contribution in [0.2, 0.25) is 0 Å². The fourth-order valence-corrected chi connectivity index (χ4v) is 3.59. The molecule has 1 N–H and O–H groups in total. The number of carbonyl (C=O) groups excluding carboxylic acids is 1. The molecule has 1 amide bonds. The lowest BCUT2D eigenvalue weighted by Gasteiger charge is -2.33. The van der Waals surface area contributed by atoms with E-state index in [0.29, 0.717) is 56.5 Å². The van der Waals surface area contributed by atoms with Crippen molar-refractivity contribution in [3.63, 3.8) is 0 Å². The Morgan fingerprint density at radius 2 is 1.82 bits per heavy atom. The standard InChI is InChI=1S/C24H28F3N3O3/c1-3-32-20-8-5-17(15-21(20)33-4-2)6-10-23(31)29-19-11-13-30(14-12-19)22-9-7-18(16-28-22)24(25,26)27/h5-10,15-16,19H,3-4,11-14H2,1-2H3,(H,29,31)/b10-6+. The third kappa shape index (κ3) is 6.87. The molecule has 3 rings (SSSR count). The molecule has 0 radical (unpaired) electrons. The first-order valence-electron chi connectivity index (χ1n) is 11.0. The van der Waals surface area contributed by atoms with Crippen LogP contribution in [-0.2, 0) is 11.0 Å². The van der Waals surface area contributed by atoms with Crippen molar-refractivity contribution in [1.82, 2.24) is 10.3 Å². The summed E-state index contributed by atoms with van der Waals surface area (Å²) in [6.45, 7) is 6.04. The highest BCUT2D eigenvalue weighted by Crippen LogP contribution is 2.30. The van der Waals surface area contributed by atoms with Crippen LogP contribution in [0, 0.1) is 0 Å². The van der Waals surface area contributed by atoms with E-state index in [1.165, 1.54) is 12.1 Å². The second-order valence-corrected chi connectivity index (χ2v) is 7.58. The van der Waals surface area contributed by atoms with Gasteiger partial charge in [0.05, 0.1) is 18.8 Å². The van der Waals surface area contributed by atoms with Crippen molar-refractivity contribution < 1.29 is 27.4 Å². The van der Waals surface area contributed by atoms with Gasteiger partial charge in [0, 0.05) is 31.4 Å². The predicted octanol–water partition coefficient (Wildman–Crippen LogP) is 4.70. The molecule has 2 heterocycles. The molecule has 1 aromatic carbocycles. The molecular weight excluding hydrogens is 435 g/mol. The average molecular weight is 464 g/mol. The number of carbonyl (C=O) groups is 1. The molecule has 33 heavy (non-hydrogen) atoms. The maximum Gasteiger partial charge on any atom is 0.417 e. The summed E-state index contributed by atoms with van der Waals surface area (Å²) in [4.78, 5) is 18.2. The van der Waals surface area contributed by atoms with Crippen molar-refractivity contribution in [2.45, 2.75) is 38.9 Å². The van der Waals surface area contributed by atoms with Crippen molar-refractivity contribution in [2.75, 3.05) is 31.2 Å². The van der Waals surface area contributed by atoms with Gasteiger partial charge in [-0.3, -0.25) is 4.79 Å². The lowest BCUT2D eigenvalue weighted by Crippen LogP contribution is -2.44.